The zero-order valence-electron chi connectivity index (χ0n) is 15.2. The Kier molecular flexibility index (Phi) is 6.12. The summed E-state index contributed by atoms with van der Waals surface area (Å²) in [7, 11) is 0. The minimum atomic E-state index is 0.981. The number of hydrogen-bond acceptors (Lipinski definition) is 2. The first-order valence-corrected chi connectivity index (χ1v) is 9.91. The Morgan fingerprint density at radius 1 is 0.875 bits per heavy atom. The first-order valence-electron chi connectivity index (χ1n) is 9.91. The van der Waals surface area contributed by atoms with Crippen molar-refractivity contribution in [2.45, 2.75) is 84.0 Å². The molecule has 1 aromatic rings. The van der Waals surface area contributed by atoms with Crippen molar-refractivity contribution in [2.24, 2.45) is 5.73 Å². The molecule has 0 bridgehead atoms. The summed E-state index contributed by atoms with van der Waals surface area (Å²) in [5.41, 5.74) is 15.3. The summed E-state index contributed by atoms with van der Waals surface area (Å²) >= 11 is 0. The Balaban J connectivity index is 1.89. The highest BCUT2D eigenvalue weighted by atomic mass is 14.7. The minimum absolute atomic E-state index is 0.981. The Hall–Kier alpha value is -1.57. The maximum Gasteiger partial charge on any atom is 0.0435 e. The number of allylic oxidation sites excluding steroid dienone is 4. The maximum absolute atomic E-state index is 6.64. The van der Waals surface area contributed by atoms with Crippen LogP contribution in [-0.2, 0) is 12.8 Å². The molecule has 2 N–H and O–H groups in total. The van der Waals surface area contributed by atoms with Crippen molar-refractivity contribution in [2.75, 3.05) is 0 Å². The molecule has 0 atom stereocenters. The van der Waals surface area contributed by atoms with Crippen LogP contribution in [0.4, 0.5) is 0 Å². The average Bonchev–Trinajstić information content (AvgIpc) is 2.65. The monoisotopic (exact) mass is 324 g/mol. The van der Waals surface area contributed by atoms with E-state index in [0.717, 1.165) is 31.4 Å². The molecule has 0 spiro atoms. The molecule has 130 valence electrons. The van der Waals surface area contributed by atoms with Crippen molar-refractivity contribution in [1.82, 2.24) is 4.98 Å². The molecule has 2 nitrogen and oxygen atoms in total. The Bertz CT molecular complexity index is 625. The molecule has 2 heteroatoms. The molecule has 2 aliphatic carbocycles. The van der Waals surface area contributed by atoms with Gasteiger partial charge < -0.3 is 5.73 Å². The van der Waals surface area contributed by atoms with Gasteiger partial charge in [0.25, 0.3) is 0 Å². The lowest BCUT2D eigenvalue weighted by Gasteiger charge is -2.22. The standard InChI is InChI=1S/C22H32N2/c1-2-17-9-5-3-4-6-11-19(17)20-12-7-13-22-18(10-8-16-24-22)14-15-21(20)23/h8,10,16H,2-7,9,11-15,23H2,1H3/b19-17+,21-20?. The van der Waals surface area contributed by atoms with E-state index in [9.17, 15) is 0 Å². The highest BCUT2D eigenvalue weighted by Gasteiger charge is 2.18. The largest absolute Gasteiger partial charge is 0.402 e. The molecule has 3 rings (SSSR count). The Morgan fingerprint density at radius 2 is 1.67 bits per heavy atom. The van der Waals surface area contributed by atoms with Crippen LogP contribution in [0.1, 0.15) is 82.4 Å². The van der Waals surface area contributed by atoms with Gasteiger partial charge in [0.05, 0.1) is 0 Å². The molecular weight excluding hydrogens is 292 g/mol. The molecule has 0 aliphatic heterocycles. The van der Waals surface area contributed by atoms with Crippen LogP contribution in [-0.4, -0.2) is 4.98 Å². The van der Waals surface area contributed by atoms with Crippen LogP contribution in [0.25, 0.3) is 0 Å². The van der Waals surface area contributed by atoms with E-state index in [1.165, 1.54) is 68.2 Å². The average molecular weight is 325 g/mol. The number of fused-ring (bicyclic) bond motifs is 1. The number of nitrogens with two attached hydrogens (primary N) is 1. The maximum atomic E-state index is 6.64. The number of aryl methyl sites for hydroxylation is 2. The Morgan fingerprint density at radius 3 is 2.50 bits per heavy atom. The second kappa shape index (κ2) is 8.50. The molecule has 0 saturated heterocycles. The first kappa shape index (κ1) is 17.3. The van der Waals surface area contributed by atoms with E-state index in [0.29, 0.717) is 0 Å². The number of hydrogen-bond donors (Lipinski definition) is 1. The number of nitrogens with zero attached hydrogens (tertiary/aromatic N) is 1. The number of rotatable bonds is 2. The van der Waals surface area contributed by atoms with E-state index in [2.05, 4.69) is 24.0 Å². The SMILES string of the molecule is CC/C1=C(\C2=C(N)CCc3cccnc3CCC2)CCCCCC1. The zero-order valence-corrected chi connectivity index (χ0v) is 15.2. The minimum Gasteiger partial charge on any atom is -0.402 e. The van der Waals surface area contributed by atoms with Gasteiger partial charge in [0.2, 0.25) is 0 Å². The molecule has 24 heavy (non-hydrogen) atoms. The van der Waals surface area contributed by atoms with E-state index in [-0.39, 0.29) is 0 Å². The van der Waals surface area contributed by atoms with Gasteiger partial charge in [0.1, 0.15) is 0 Å². The highest BCUT2D eigenvalue weighted by molar-refractivity contribution is 5.39. The lowest BCUT2D eigenvalue weighted by atomic mass is 9.85. The van der Waals surface area contributed by atoms with E-state index in [1.807, 2.05) is 6.20 Å². The van der Waals surface area contributed by atoms with Gasteiger partial charge in [0, 0.05) is 17.6 Å². The highest BCUT2D eigenvalue weighted by Crippen LogP contribution is 2.34. The van der Waals surface area contributed by atoms with Crippen LogP contribution in [0.2, 0.25) is 0 Å². The second-order valence-electron chi connectivity index (χ2n) is 7.32. The lowest BCUT2D eigenvalue weighted by molar-refractivity contribution is 0.601. The van der Waals surface area contributed by atoms with Crippen molar-refractivity contribution in [3.63, 3.8) is 0 Å². The topological polar surface area (TPSA) is 38.9 Å². The molecule has 0 aromatic carbocycles. The second-order valence-corrected chi connectivity index (χ2v) is 7.32. The van der Waals surface area contributed by atoms with Gasteiger partial charge in [-0.2, -0.15) is 0 Å². The predicted octanol–water partition coefficient (Wildman–Crippen LogP) is 5.62. The van der Waals surface area contributed by atoms with E-state index in [4.69, 9.17) is 5.73 Å². The molecule has 0 saturated carbocycles. The Labute approximate surface area is 147 Å². The van der Waals surface area contributed by atoms with Crippen molar-refractivity contribution in [3.8, 4) is 0 Å². The van der Waals surface area contributed by atoms with Crippen LogP contribution < -0.4 is 5.73 Å². The lowest BCUT2D eigenvalue weighted by Crippen LogP contribution is -2.09. The van der Waals surface area contributed by atoms with Gasteiger partial charge >= 0.3 is 0 Å². The van der Waals surface area contributed by atoms with Gasteiger partial charge in [0.15, 0.2) is 0 Å². The van der Waals surface area contributed by atoms with Crippen LogP contribution >= 0.6 is 0 Å². The molecule has 0 radical (unpaired) electrons. The van der Waals surface area contributed by atoms with E-state index >= 15 is 0 Å². The smallest absolute Gasteiger partial charge is 0.0435 e. The fourth-order valence-electron chi connectivity index (χ4n) is 4.36. The van der Waals surface area contributed by atoms with Gasteiger partial charge in [-0.3, -0.25) is 4.98 Å². The molecule has 0 amide bonds. The van der Waals surface area contributed by atoms with Gasteiger partial charge in [-0.05, 0) is 87.0 Å². The van der Waals surface area contributed by atoms with Crippen LogP contribution in [0.15, 0.2) is 40.7 Å². The third-order valence-electron chi connectivity index (χ3n) is 5.75. The normalized spacial score (nSPS) is 23.5. The predicted molar refractivity (Wildman–Crippen MR) is 102 cm³/mol. The molecular formula is C22H32N2. The zero-order chi connectivity index (χ0) is 16.8. The quantitative estimate of drug-likeness (QED) is 0.766. The molecule has 0 fully saturated rings. The van der Waals surface area contributed by atoms with E-state index < -0.39 is 0 Å². The summed E-state index contributed by atoms with van der Waals surface area (Å²) in [5.74, 6) is 0. The summed E-state index contributed by atoms with van der Waals surface area (Å²) < 4.78 is 0. The summed E-state index contributed by atoms with van der Waals surface area (Å²) in [6.07, 6.45) is 16.5. The van der Waals surface area contributed by atoms with E-state index in [1.54, 1.807) is 11.1 Å². The van der Waals surface area contributed by atoms with Crippen LogP contribution in [0, 0.1) is 0 Å². The third-order valence-corrected chi connectivity index (χ3v) is 5.75. The van der Waals surface area contributed by atoms with Gasteiger partial charge in [-0.15, -0.1) is 0 Å². The van der Waals surface area contributed by atoms with Crippen molar-refractivity contribution < 1.29 is 0 Å². The third kappa shape index (κ3) is 4.09. The molecule has 0 unspecified atom stereocenters. The van der Waals surface area contributed by atoms with Gasteiger partial charge in [-0.1, -0.05) is 31.4 Å². The van der Waals surface area contributed by atoms with Crippen molar-refractivity contribution >= 4 is 0 Å². The molecule has 1 heterocycles. The summed E-state index contributed by atoms with van der Waals surface area (Å²) in [4.78, 5) is 4.61. The summed E-state index contributed by atoms with van der Waals surface area (Å²) in [5, 5.41) is 0. The fourth-order valence-corrected chi connectivity index (χ4v) is 4.36. The summed E-state index contributed by atoms with van der Waals surface area (Å²) in [6, 6.07) is 4.29. The van der Waals surface area contributed by atoms with Gasteiger partial charge in [-0.25, -0.2) is 0 Å². The number of aromatic nitrogens is 1. The fraction of sp³-hybridized carbons (Fsp3) is 0.591. The first-order chi connectivity index (χ1) is 11.8. The summed E-state index contributed by atoms with van der Waals surface area (Å²) in [6.45, 7) is 2.32. The van der Waals surface area contributed by atoms with Crippen molar-refractivity contribution in [1.29, 1.82) is 0 Å². The van der Waals surface area contributed by atoms with Crippen LogP contribution in [0.3, 0.4) is 0 Å². The van der Waals surface area contributed by atoms with Crippen molar-refractivity contribution in [3.05, 3.63) is 52.0 Å². The number of pyridine rings is 1. The van der Waals surface area contributed by atoms with Crippen LogP contribution in [0.5, 0.6) is 0 Å². The molecule has 2 aliphatic rings. The molecule has 1 aromatic heterocycles.